The van der Waals surface area contributed by atoms with Crippen LogP contribution in [0.25, 0.3) is 0 Å². The largest absolute Gasteiger partial charge is 0 e. The molecule has 0 saturated heterocycles. The summed E-state index contributed by atoms with van der Waals surface area (Å²) in [6.45, 7) is 0. The fraction of sp³-hybridized carbons (Fsp3) is 0. The third kappa shape index (κ3) is 9.92. The molecule has 0 aliphatic carbocycles. The van der Waals surface area contributed by atoms with Crippen LogP contribution in [0.1, 0.15) is 0 Å². The summed E-state index contributed by atoms with van der Waals surface area (Å²) in [4.78, 5) is 0. The third-order valence-corrected chi connectivity index (χ3v) is 0. The Kier molecular flexibility index (Phi) is 91.0. The molecule has 0 unspecified atom stereocenters. The molecule has 4 heteroatoms. The van der Waals surface area contributed by atoms with Gasteiger partial charge in [-0.3, -0.25) is 0 Å². The molecule has 0 saturated carbocycles. The molecule has 0 radical (unpaired) electrons. The maximum atomic E-state index is 0. The second-order valence-corrected chi connectivity index (χ2v) is 0. The van der Waals surface area contributed by atoms with Gasteiger partial charge in [0.1, 0.15) is 0 Å². The molecule has 0 heterocycles. The van der Waals surface area contributed by atoms with Gasteiger partial charge in [0, 0.05) is 47.7 Å². The first-order chi connectivity index (χ1) is 0. The fourth-order valence-electron chi connectivity index (χ4n) is 0. The normalized spacial score (nSPS) is 0. The molecule has 18 valence electrons. The van der Waals surface area contributed by atoms with E-state index in [-0.39, 0.29) is 148 Å². The Morgan fingerprint density at radius 3 is 1.00 bits per heavy atom. The molecule has 0 atom stereocenters. The molecular weight excluding hydrogens is 395 g/mol. The Bertz CT molecular complexity index is 8.00. The van der Waals surface area contributed by atoms with E-state index in [1.54, 1.807) is 0 Å². The van der Waals surface area contributed by atoms with E-state index in [2.05, 4.69) is 0 Å². The van der Waals surface area contributed by atoms with Crippen LogP contribution in [0.4, 0.5) is 0 Å². The molecule has 0 aliphatic heterocycles. The molecule has 0 spiro atoms. The van der Waals surface area contributed by atoms with Crippen LogP contribution in [0.2, 0.25) is 0 Å². The Labute approximate surface area is 143 Å². The molecule has 0 aromatic heterocycles. The van der Waals surface area contributed by atoms with Gasteiger partial charge >= 0.3 is 100 Å². The maximum Gasteiger partial charge on any atom is 0 e. The zero-order valence-corrected chi connectivity index (χ0v) is 6.61. The van der Waals surface area contributed by atoms with Gasteiger partial charge < -0.3 is 0 Å². The molecular formula is H3BaCdKPd. The first kappa shape index (κ1) is 23.2. The van der Waals surface area contributed by atoms with Gasteiger partial charge in [0.2, 0.25) is 0 Å². The Morgan fingerprint density at radius 2 is 1.00 bits per heavy atom. The van der Waals surface area contributed by atoms with Gasteiger partial charge in [-0.05, 0) is 0 Å². The summed E-state index contributed by atoms with van der Waals surface area (Å²) < 4.78 is 0. The number of hydrogen-bond acceptors (Lipinski definition) is 0. The molecule has 0 N–H and O–H groups in total. The summed E-state index contributed by atoms with van der Waals surface area (Å²) in [6, 6.07) is 0. The van der Waals surface area contributed by atoms with Gasteiger partial charge in [-0.2, -0.15) is 0 Å². The summed E-state index contributed by atoms with van der Waals surface area (Å²) in [5.74, 6) is 0. The smallest absolute Gasteiger partial charge is 0 e. The quantitative estimate of drug-likeness (QED) is 0.433. The first-order valence-electron chi connectivity index (χ1n) is 0. The first-order valence-corrected chi connectivity index (χ1v) is 0. The predicted molar refractivity (Wildman–Crippen MR) is 15.7 cm³/mol. The van der Waals surface area contributed by atoms with Crippen LogP contribution in [-0.4, -0.2) is 100 Å². The van der Waals surface area contributed by atoms with E-state index in [1.165, 1.54) is 0 Å². The minimum atomic E-state index is 0. The van der Waals surface area contributed by atoms with Crippen LogP contribution in [0, 0.1) is 0 Å². The van der Waals surface area contributed by atoms with Crippen molar-refractivity contribution in [2.45, 2.75) is 0 Å². The van der Waals surface area contributed by atoms with Gasteiger partial charge in [0.15, 0.2) is 0 Å². The van der Waals surface area contributed by atoms with Gasteiger partial charge in [0.05, 0.1) is 0 Å². The summed E-state index contributed by atoms with van der Waals surface area (Å²) in [5, 5.41) is 0. The van der Waals surface area contributed by atoms with Crippen LogP contribution in [0.15, 0.2) is 0 Å². The molecule has 0 aromatic rings. The van der Waals surface area contributed by atoms with Gasteiger partial charge in [-0.15, -0.1) is 0 Å². The van der Waals surface area contributed by atoms with Crippen LogP contribution in [0.5, 0.6) is 0 Å². The molecule has 0 rings (SSSR count). The van der Waals surface area contributed by atoms with Gasteiger partial charge in [-0.25, -0.2) is 0 Å². The van der Waals surface area contributed by atoms with Crippen molar-refractivity contribution in [2.75, 3.05) is 0 Å². The third-order valence-electron chi connectivity index (χ3n) is 0. The SMILES string of the molecule is [BaH2].[Cd].[KH].[Pd]. The van der Waals surface area contributed by atoms with E-state index in [0.717, 1.165) is 0 Å². The fourth-order valence-corrected chi connectivity index (χ4v) is 0. The second-order valence-electron chi connectivity index (χ2n) is 0. The zero-order valence-electron chi connectivity index (χ0n) is 1.02. The van der Waals surface area contributed by atoms with Crippen molar-refractivity contribution < 1.29 is 47.7 Å². The average Bonchev–Trinajstić information content (AvgIpc) is 0. The van der Waals surface area contributed by atoms with Crippen molar-refractivity contribution in [1.82, 2.24) is 0 Å². The molecule has 0 aromatic carbocycles. The zero-order chi connectivity index (χ0) is 0. The molecule has 4 heavy (non-hydrogen) atoms. The summed E-state index contributed by atoms with van der Waals surface area (Å²) in [6.07, 6.45) is 0. The molecule has 0 aliphatic rings. The Morgan fingerprint density at radius 1 is 1.00 bits per heavy atom. The van der Waals surface area contributed by atoms with E-state index >= 15 is 0 Å². The van der Waals surface area contributed by atoms with E-state index in [9.17, 15) is 0 Å². The van der Waals surface area contributed by atoms with Crippen molar-refractivity contribution in [3.8, 4) is 0 Å². The van der Waals surface area contributed by atoms with E-state index < -0.39 is 0 Å². The topological polar surface area (TPSA) is 0 Å². The standard InChI is InChI=1S/Ba.Cd.K.Pd.3H. The molecule has 0 amide bonds. The average molecular weight is 398 g/mol. The minimum absolute atomic E-state index is 0. The molecule has 0 bridgehead atoms. The molecule has 0 fully saturated rings. The minimum Gasteiger partial charge on any atom is 0 e. The van der Waals surface area contributed by atoms with E-state index in [0.29, 0.717) is 0 Å². The van der Waals surface area contributed by atoms with Crippen molar-refractivity contribution in [2.24, 2.45) is 0 Å². The predicted octanol–water partition coefficient (Wildman–Crippen LogP) is -1.57. The summed E-state index contributed by atoms with van der Waals surface area (Å²) in [5.41, 5.74) is 0. The Hall–Kier alpha value is 4.79. The summed E-state index contributed by atoms with van der Waals surface area (Å²) in [7, 11) is 0. The van der Waals surface area contributed by atoms with E-state index in [4.69, 9.17) is 0 Å². The number of rotatable bonds is 0. The van der Waals surface area contributed by atoms with Crippen molar-refractivity contribution in [3.63, 3.8) is 0 Å². The van der Waals surface area contributed by atoms with Crippen LogP contribution in [-0.2, 0) is 47.7 Å². The van der Waals surface area contributed by atoms with E-state index in [1.807, 2.05) is 0 Å². The van der Waals surface area contributed by atoms with Crippen molar-refractivity contribution >= 4 is 100 Å². The van der Waals surface area contributed by atoms with Crippen LogP contribution < -0.4 is 0 Å². The van der Waals surface area contributed by atoms with Crippen molar-refractivity contribution in [1.29, 1.82) is 0 Å². The van der Waals surface area contributed by atoms with Gasteiger partial charge in [-0.1, -0.05) is 0 Å². The molecule has 0 nitrogen and oxygen atoms in total. The van der Waals surface area contributed by atoms with Gasteiger partial charge in [0.25, 0.3) is 0 Å². The van der Waals surface area contributed by atoms with Crippen LogP contribution in [0.3, 0.4) is 0 Å². The van der Waals surface area contributed by atoms with Crippen molar-refractivity contribution in [3.05, 3.63) is 0 Å². The van der Waals surface area contributed by atoms with Crippen LogP contribution >= 0.6 is 0 Å². The summed E-state index contributed by atoms with van der Waals surface area (Å²) >= 11 is 0. The number of hydrogen-bond donors (Lipinski definition) is 0. The maximum absolute atomic E-state index is 0. The Balaban J connectivity index is 0. The second kappa shape index (κ2) is 15.7. The monoisotopic (exact) mass is 400 g/mol.